The van der Waals surface area contributed by atoms with Gasteiger partial charge in [0.25, 0.3) is 11.6 Å². The summed E-state index contributed by atoms with van der Waals surface area (Å²) >= 11 is 1.33. The van der Waals surface area contributed by atoms with Crippen LogP contribution in [0.25, 0.3) is 10.4 Å². The van der Waals surface area contributed by atoms with Crippen LogP contribution in [0, 0.1) is 24.0 Å². The Kier molecular flexibility index (Phi) is 4.13. The van der Waals surface area contributed by atoms with Crippen molar-refractivity contribution in [3.05, 3.63) is 62.8 Å². The lowest BCUT2D eigenvalue weighted by atomic mass is 10.2. The molecule has 0 spiro atoms. The van der Waals surface area contributed by atoms with Crippen molar-refractivity contribution in [2.45, 2.75) is 13.8 Å². The van der Waals surface area contributed by atoms with Crippen molar-refractivity contribution >= 4 is 28.6 Å². The molecule has 2 heterocycles. The molecule has 7 nitrogen and oxygen atoms in total. The second-order valence-corrected chi connectivity index (χ2v) is 6.20. The summed E-state index contributed by atoms with van der Waals surface area (Å²) in [6, 6.07) is 9.27. The fraction of sp³-hybridized carbons (Fsp3) is 0.125. The zero-order chi connectivity index (χ0) is 17.3. The largest absolute Gasteiger partial charge is 0.361 e. The summed E-state index contributed by atoms with van der Waals surface area (Å²) in [5.41, 5.74) is 2.15. The monoisotopic (exact) mass is 343 g/mol. The summed E-state index contributed by atoms with van der Waals surface area (Å²) in [4.78, 5) is 23.9. The summed E-state index contributed by atoms with van der Waals surface area (Å²) in [7, 11) is 0. The third-order valence-corrected chi connectivity index (χ3v) is 4.55. The molecule has 1 N–H and O–H groups in total. The number of anilines is 1. The number of nitrogens with one attached hydrogen (secondary N) is 1. The first-order valence-corrected chi connectivity index (χ1v) is 7.86. The van der Waals surface area contributed by atoms with Crippen molar-refractivity contribution in [1.29, 1.82) is 0 Å². The number of aromatic nitrogens is 1. The number of aryl methyl sites for hydroxylation is 2. The first-order chi connectivity index (χ1) is 11.5. The Morgan fingerprint density at radius 2 is 1.92 bits per heavy atom. The van der Waals surface area contributed by atoms with Crippen molar-refractivity contribution in [2.75, 3.05) is 5.32 Å². The highest BCUT2D eigenvalue weighted by atomic mass is 32.1. The number of nitrogens with zero attached hydrogens (tertiary/aromatic N) is 2. The number of nitro groups is 1. The molecule has 0 radical (unpaired) electrons. The van der Waals surface area contributed by atoms with Crippen molar-refractivity contribution in [1.82, 2.24) is 5.16 Å². The van der Waals surface area contributed by atoms with E-state index in [1.807, 2.05) is 19.9 Å². The van der Waals surface area contributed by atoms with Gasteiger partial charge in [0, 0.05) is 22.7 Å². The predicted octanol–water partition coefficient (Wildman–Crippen LogP) is 4.18. The van der Waals surface area contributed by atoms with Gasteiger partial charge in [0.05, 0.1) is 21.1 Å². The van der Waals surface area contributed by atoms with Crippen LogP contribution in [0.2, 0.25) is 0 Å². The van der Waals surface area contributed by atoms with Crippen molar-refractivity contribution in [3.63, 3.8) is 0 Å². The molecule has 0 saturated heterocycles. The maximum atomic E-state index is 12.3. The number of hydrogen-bond donors (Lipinski definition) is 1. The Labute approximate surface area is 141 Å². The zero-order valence-electron chi connectivity index (χ0n) is 12.9. The van der Waals surface area contributed by atoms with E-state index in [-0.39, 0.29) is 11.6 Å². The predicted molar refractivity (Wildman–Crippen MR) is 90.3 cm³/mol. The van der Waals surface area contributed by atoms with Crippen LogP contribution in [-0.2, 0) is 0 Å². The first kappa shape index (κ1) is 15.9. The molecule has 122 valence electrons. The molecule has 0 fully saturated rings. The van der Waals surface area contributed by atoms with E-state index in [1.165, 1.54) is 35.6 Å². The van der Waals surface area contributed by atoms with Crippen molar-refractivity contribution in [3.8, 4) is 10.4 Å². The van der Waals surface area contributed by atoms with Crippen LogP contribution >= 0.6 is 11.3 Å². The van der Waals surface area contributed by atoms with Gasteiger partial charge < -0.3 is 9.84 Å². The lowest BCUT2D eigenvalue weighted by Gasteiger charge is -2.02. The molecule has 3 rings (SSSR count). The third kappa shape index (κ3) is 3.04. The van der Waals surface area contributed by atoms with Crippen molar-refractivity contribution < 1.29 is 14.2 Å². The van der Waals surface area contributed by atoms with Gasteiger partial charge in [-0.1, -0.05) is 5.16 Å². The molecule has 0 atom stereocenters. The summed E-state index contributed by atoms with van der Waals surface area (Å²) in [5, 5.41) is 17.3. The normalized spacial score (nSPS) is 10.6. The number of benzene rings is 1. The van der Waals surface area contributed by atoms with E-state index in [0.29, 0.717) is 16.3 Å². The molecule has 3 aromatic rings. The summed E-state index contributed by atoms with van der Waals surface area (Å²) in [5.74, 6) is 0.434. The highest BCUT2D eigenvalue weighted by Gasteiger charge is 2.16. The average Bonchev–Trinajstić information content (AvgIpc) is 3.14. The second kappa shape index (κ2) is 6.25. The van der Waals surface area contributed by atoms with E-state index < -0.39 is 4.92 Å². The maximum Gasteiger partial charge on any atom is 0.269 e. The number of carbonyl (C=O) groups is 1. The number of nitro benzene ring substituents is 1. The van der Waals surface area contributed by atoms with Gasteiger partial charge in [0.15, 0.2) is 0 Å². The highest BCUT2D eigenvalue weighted by Crippen LogP contribution is 2.33. The van der Waals surface area contributed by atoms with E-state index in [0.717, 1.165) is 16.1 Å². The van der Waals surface area contributed by atoms with Gasteiger partial charge in [-0.2, -0.15) is 0 Å². The lowest BCUT2D eigenvalue weighted by Crippen LogP contribution is -2.09. The molecular weight excluding hydrogens is 330 g/mol. The van der Waals surface area contributed by atoms with E-state index >= 15 is 0 Å². The van der Waals surface area contributed by atoms with Gasteiger partial charge in [-0.05, 0) is 38.1 Å². The SMILES string of the molecule is Cc1noc(C)c1-c1ccc(C(=O)Nc2ccc([N+](=O)[O-])cc2)s1. The molecule has 0 aliphatic rings. The average molecular weight is 343 g/mol. The molecule has 2 aromatic heterocycles. The van der Waals surface area contributed by atoms with E-state index in [9.17, 15) is 14.9 Å². The summed E-state index contributed by atoms with van der Waals surface area (Å²) < 4.78 is 5.15. The Morgan fingerprint density at radius 1 is 1.21 bits per heavy atom. The highest BCUT2D eigenvalue weighted by molar-refractivity contribution is 7.17. The van der Waals surface area contributed by atoms with Crippen LogP contribution in [0.15, 0.2) is 40.9 Å². The zero-order valence-corrected chi connectivity index (χ0v) is 13.7. The molecule has 1 amide bonds. The summed E-state index contributed by atoms with van der Waals surface area (Å²) in [6.45, 7) is 3.67. The van der Waals surface area contributed by atoms with Crippen LogP contribution in [0.3, 0.4) is 0 Å². The molecule has 24 heavy (non-hydrogen) atoms. The van der Waals surface area contributed by atoms with Gasteiger partial charge in [-0.25, -0.2) is 0 Å². The molecule has 0 aliphatic carbocycles. The summed E-state index contributed by atoms with van der Waals surface area (Å²) in [6.07, 6.45) is 0. The molecule has 8 heteroatoms. The Bertz CT molecular complexity index is 892. The van der Waals surface area contributed by atoms with E-state index in [2.05, 4.69) is 10.5 Å². The quantitative estimate of drug-likeness (QED) is 0.566. The first-order valence-electron chi connectivity index (χ1n) is 7.04. The van der Waals surface area contributed by atoms with E-state index in [4.69, 9.17) is 4.52 Å². The molecular formula is C16H13N3O4S. The van der Waals surface area contributed by atoms with Gasteiger partial charge in [-0.3, -0.25) is 14.9 Å². The number of carbonyl (C=O) groups excluding carboxylic acids is 1. The van der Waals surface area contributed by atoms with Crippen LogP contribution in [0.1, 0.15) is 21.1 Å². The topological polar surface area (TPSA) is 98.3 Å². The van der Waals surface area contributed by atoms with Crippen LogP contribution in [-0.4, -0.2) is 16.0 Å². The van der Waals surface area contributed by atoms with Crippen LogP contribution in [0.5, 0.6) is 0 Å². The van der Waals surface area contributed by atoms with Crippen LogP contribution < -0.4 is 5.32 Å². The smallest absolute Gasteiger partial charge is 0.269 e. The van der Waals surface area contributed by atoms with Crippen molar-refractivity contribution in [2.24, 2.45) is 0 Å². The fourth-order valence-corrected chi connectivity index (χ4v) is 3.33. The minimum absolute atomic E-state index is 0.0233. The van der Waals surface area contributed by atoms with E-state index in [1.54, 1.807) is 6.07 Å². The third-order valence-electron chi connectivity index (χ3n) is 3.45. The minimum atomic E-state index is -0.485. The van der Waals surface area contributed by atoms with Crippen LogP contribution in [0.4, 0.5) is 11.4 Å². The van der Waals surface area contributed by atoms with Gasteiger partial charge in [0.1, 0.15) is 5.76 Å². The van der Waals surface area contributed by atoms with Gasteiger partial charge in [-0.15, -0.1) is 11.3 Å². The Balaban J connectivity index is 1.78. The Morgan fingerprint density at radius 3 is 2.50 bits per heavy atom. The molecule has 0 aliphatic heterocycles. The number of amides is 1. The number of rotatable bonds is 4. The number of hydrogen-bond acceptors (Lipinski definition) is 6. The standard InChI is InChI=1S/C16H13N3O4S/c1-9-15(10(2)23-18-9)13-7-8-14(24-13)16(20)17-11-3-5-12(6-4-11)19(21)22/h3-8H,1-2H3,(H,17,20). The van der Waals surface area contributed by atoms with Gasteiger partial charge >= 0.3 is 0 Å². The number of thiophene rings is 1. The molecule has 0 bridgehead atoms. The van der Waals surface area contributed by atoms with Gasteiger partial charge in [0.2, 0.25) is 0 Å². The fourth-order valence-electron chi connectivity index (χ4n) is 2.29. The maximum absolute atomic E-state index is 12.3. The molecule has 0 saturated carbocycles. The lowest BCUT2D eigenvalue weighted by molar-refractivity contribution is -0.384. The number of non-ortho nitro benzene ring substituents is 1. The molecule has 1 aromatic carbocycles. The minimum Gasteiger partial charge on any atom is -0.361 e. The Hall–Kier alpha value is -3.00. The molecule has 0 unspecified atom stereocenters. The second-order valence-electron chi connectivity index (χ2n) is 5.12.